The Bertz CT molecular complexity index is 1020. The summed E-state index contributed by atoms with van der Waals surface area (Å²) in [5.41, 5.74) is 3.21. The fraction of sp³-hybridized carbons (Fsp3) is 0.517. The van der Waals surface area contributed by atoms with E-state index in [9.17, 15) is 9.59 Å². The summed E-state index contributed by atoms with van der Waals surface area (Å²) < 4.78 is 11.3. The van der Waals surface area contributed by atoms with Gasteiger partial charge in [0.2, 0.25) is 11.8 Å². The lowest BCUT2D eigenvalue weighted by molar-refractivity contribution is -0.141. The molecule has 0 radical (unpaired) electrons. The van der Waals surface area contributed by atoms with Crippen LogP contribution in [0.5, 0.6) is 11.5 Å². The van der Waals surface area contributed by atoms with Crippen molar-refractivity contribution in [3.63, 3.8) is 0 Å². The van der Waals surface area contributed by atoms with Crippen LogP contribution in [0.1, 0.15) is 68.6 Å². The van der Waals surface area contributed by atoms with Crippen molar-refractivity contribution in [3.8, 4) is 11.5 Å². The SMILES string of the molecule is CC[C@@H](C(=O)NC1CCCCC1)N(Cc1cccc(C)c1)C(=O)CCc1ccc2c(c1)OCCO2. The Labute approximate surface area is 209 Å². The standard InChI is InChI=1S/C29H38N2O4/c1-3-25(29(33)30-24-10-5-4-6-11-24)31(20-23-9-7-8-21(2)18-23)28(32)15-13-22-12-14-26-27(19-22)35-17-16-34-26/h7-9,12,14,18-19,24-25H,3-6,10-11,13,15-17,20H2,1-2H3,(H,30,33)/t25-/m0/s1. The fourth-order valence-corrected chi connectivity index (χ4v) is 5.11. The van der Waals surface area contributed by atoms with Gasteiger partial charge in [0, 0.05) is 19.0 Å². The Hall–Kier alpha value is -3.02. The minimum absolute atomic E-state index is 0.00737. The molecule has 6 nitrogen and oxygen atoms in total. The van der Waals surface area contributed by atoms with Gasteiger partial charge in [0.25, 0.3) is 0 Å². The highest BCUT2D eigenvalue weighted by atomic mass is 16.6. The van der Waals surface area contributed by atoms with Crippen molar-refractivity contribution in [1.82, 2.24) is 10.2 Å². The molecule has 188 valence electrons. The second kappa shape index (κ2) is 12.1. The number of nitrogens with zero attached hydrogens (tertiary/aromatic N) is 1. The van der Waals surface area contributed by atoms with Crippen LogP contribution in [0.25, 0.3) is 0 Å². The number of ether oxygens (including phenoxy) is 2. The summed E-state index contributed by atoms with van der Waals surface area (Å²) >= 11 is 0. The van der Waals surface area contributed by atoms with Crippen LogP contribution in [0.3, 0.4) is 0 Å². The number of carbonyl (C=O) groups is 2. The summed E-state index contributed by atoms with van der Waals surface area (Å²) in [4.78, 5) is 28.7. The van der Waals surface area contributed by atoms with Gasteiger partial charge in [0.15, 0.2) is 11.5 Å². The summed E-state index contributed by atoms with van der Waals surface area (Å²) in [7, 11) is 0. The molecule has 0 aromatic heterocycles. The molecular weight excluding hydrogens is 440 g/mol. The van der Waals surface area contributed by atoms with Crippen LogP contribution in [-0.2, 0) is 22.6 Å². The van der Waals surface area contributed by atoms with Gasteiger partial charge in [0.05, 0.1) is 0 Å². The molecule has 2 aromatic rings. The molecule has 2 aliphatic rings. The van der Waals surface area contributed by atoms with Crippen LogP contribution in [0.2, 0.25) is 0 Å². The van der Waals surface area contributed by atoms with Crippen LogP contribution < -0.4 is 14.8 Å². The van der Waals surface area contributed by atoms with Gasteiger partial charge < -0.3 is 19.7 Å². The third-order valence-electron chi connectivity index (χ3n) is 7.01. The fourth-order valence-electron chi connectivity index (χ4n) is 5.11. The zero-order valence-corrected chi connectivity index (χ0v) is 21.1. The minimum Gasteiger partial charge on any atom is -0.486 e. The van der Waals surface area contributed by atoms with E-state index in [0.717, 1.165) is 53.9 Å². The number of amides is 2. The molecule has 1 aliphatic carbocycles. The largest absolute Gasteiger partial charge is 0.486 e. The van der Waals surface area contributed by atoms with Crippen molar-refractivity contribution >= 4 is 11.8 Å². The quantitative estimate of drug-likeness (QED) is 0.553. The van der Waals surface area contributed by atoms with Gasteiger partial charge in [-0.25, -0.2) is 0 Å². The summed E-state index contributed by atoms with van der Waals surface area (Å²) in [6.45, 7) is 5.55. The minimum atomic E-state index is -0.481. The van der Waals surface area contributed by atoms with Crippen molar-refractivity contribution in [2.24, 2.45) is 0 Å². The third-order valence-corrected chi connectivity index (χ3v) is 7.01. The number of benzene rings is 2. The number of fused-ring (bicyclic) bond motifs is 1. The Balaban J connectivity index is 1.48. The maximum Gasteiger partial charge on any atom is 0.243 e. The number of hydrogen-bond donors (Lipinski definition) is 1. The number of carbonyl (C=O) groups excluding carboxylic acids is 2. The summed E-state index contributed by atoms with van der Waals surface area (Å²) in [6.07, 6.45) is 7.10. The highest BCUT2D eigenvalue weighted by Gasteiger charge is 2.30. The van der Waals surface area contributed by atoms with E-state index in [4.69, 9.17) is 9.47 Å². The van der Waals surface area contributed by atoms with E-state index in [1.54, 1.807) is 4.90 Å². The lowest BCUT2D eigenvalue weighted by Crippen LogP contribution is -2.51. The number of nitrogens with one attached hydrogen (secondary N) is 1. The molecule has 6 heteroatoms. The zero-order chi connectivity index (χ0) is 24.6. The predicted octanol–water partition coefficient (Wildman–Crippen LogP) is 4.96. The predicted molar refractivity (Wildman–Crippen MR) is 137 cm³/mol. The Morgan fingerprint density at radius 1 is 1.00 bits per heavy atom. The Kier molecular flexibility index (Phi) is 8.67. The molecule has 1 aliphatic heterocycles. The average Bonchev–Trinajstić information content (AvgIpc) is 2.87. The van der Waals surface area contributed by atoms with Crippen LogP contribution in [0.15, 0.2) is 42.5 Å². The first-order valence-electron chi connectivity index (χ1n) is 13.1. The Morgan fingerprint density at radius 2 is 1.77 bits per heavy atom. The summed E-state index contributed by atoms with van der Waals surface area (Å²) in [5, 5.41) is 3.25. The maximum atomic E-state index is 13.6. The number of rotatable bonds is 9. The van der Waals surface area contributed by atoms with Crippen molar-refractivity contribution < 1.29 is 19.1 Å². The van der Waals surface area contributed by atoms with Crippen LogP contribution in [0.4, 0.5) is 0 Å². The molecule has 1 atom stereocenters. The highest BCUT2D eigenvalue weighted by Crippen LogP contribution is 2.31. The first-order valence-corrected chi connectivity index (χ1v) is 13.1. The van der Waals surface area contributed by atoms with E-state index < -0.39 is 6.04 Å². The first-order chi connectivity index (χ1) is 17.0. The van der Waals surface area contributed by atoms with Crippen LogP contribution >= 0.6 is 0 Å². The van der Waals surface area contributed by atoms with E-state index in [1.165, 1.54) is 6.42 Å². The van der Waals surface area contributed by atoms with Gasteiger partial charge in [-0.1, -0.05) is 62.1 Å². The lowest BCUT2D eigenvalue weighted by atomic mass is 9.95. The molecule has 2 aromatic carbocycles. The van der Waals surface area contributed by atoms with Gasteiger partial charge in [-0.2, -0.15) is 0 Å². The highest BCUT2D eigenvalue weighted by molar-refractivity contribution is 5.88. The van der Waals surface area contributed by atoms with Crippen molar-refractivity contribution in [1.29, 1.82) is 0 Å². The van der Waals surface area contributed by atoms with E-state index >= 15 is 0 Å². The summed E-state index contributed by atoms with van der Waals surface area (Å²) in [5.74, 6) is 1.45. The molecule has 0 unspecified atom stereocenters. The number of aryl methyl sites for hydroxylation is 2. The summed E-state index contributed by atoms with van der Waals surface area (Å²) in [6, 6.07) is 13.8. The van der Waals surface area contributed by atoms with Crippen molar-refractivity contribution in [2.45, 2.75) is 83.8 Å². The van der Waals surface area contributed by atoms with Gasteiger partial charge in [-0.15, -0.1) is 0 Å². The third kappa shape index (κ3) is 6.77. The van der Waals surface area contributed by atoms with Gasteiger partial charge >= 0.3 is 0 Å². The molecule has 1 fully saturated rings. The van der Waals surface area contributed by atoms with Crippen molar-refractivity contribution in [3.05, 3.63) is 59.2 Å². The molecule has 4 rings (SSSR count). The topological polar surface area (TPSA) is 67.9 Å². The smallest absolute Gasteiger partial charge is 0.243 e. The normalized spacial score (nSPS) is 16.4. The van der Waals surface area contributed by atoms with E-state index in [-0.39, 0.29) is 17.9 Å². The molecule has 0 spiro atoms. The monoisotopic (exact) mass is 478 g/mol. The van der Waals surface area contributed by atoms with E-state index in [0.29, 0.717) is 39.0 Å². The second-order valence-corrected chi connectivity index (χ2v) is 9.76. The average molecular weight is 479 g/mol. The molecule has 2 amide bonds. The van der Waals surface area contributed by atoms with Crippen molar-refractivity contribution in [2.75, 3.05) is 13.2 Å². The van der Waals surface area contributed by atoms with Gasteiger partial charge in [0.1, 0.15) is 19.3 Å². The number of hydrogen-bond acceptors (Lipinski definition) is 4. The first kappa shape index (κ1) is 25.1. The second-order valence-electron chi connectivity index (χ2n) is 9.76. The molecular formula is C29H38N2O4. The van der Waals surface area contributed by atoms with Crippen LogP contribution in [-0.4, -0.2) is 42.0 Å². The van der Waals surface area contributed by atoms with Crippen LogP contribution in [0, 0.1) is 6.92 Å². The van der Waals surface area contributed by atoms with Gasteiger partial charge in [-0.05, 0) is 55.9 Å². The Morgan fingerprint density at radius 3 is 2.51 bits per heavy atom. The van der Waals surface area contributed by atoms with E-state index in [2.05, 4.69) is 11.4 Å². The maximum absolute atomic E-state index is 13.6. The molecule has 1 N–H and O–H groups in total. The molecule has 1 saturated carbocycles. The zero-order valence-electron chi connectivity index (χ0n) is 21.1. The molecule has 1 heterocycles. The van der Waals surface area contributed by atoms with E-state index in [1.807, 2.05) is 50.2 Å². The molecule has 35 heavy (non-hydrogen) atoms. The van der Waals surface area contributed by atoms with Gasteiger partial charge in [-0.3, -0.25) is 9.59 Å². The molecule has 0 bridgehead atoms. The molecule has 0 saturated heterocycles. The lowest BCUT2D eigenvalue weighted by Gasteiger charge is -2.33.